The minimum Gasteiger partial charge on any atom is -0.378 e. The number of nitrogens with one attached hydrogen (secondary N) is 1. The van der Waals surface area contributed by atoms with Gasteiger partial charge in [-0.1, -0.05) is 12.1 Å². The summed E-state index contributed by atoms with van der Waals surface area (Å²) in [5.41, 5.74) is 0.462. The van der Waals surface area contributed by atoms with Gasteiger partial charge in [0, 0.05) is 32.1 Å². The minimum absolute atomic E-state index is 0.0832. The lowest BCUT2D eigenvalue weighted by Gasteiger charge is -2.27. The van der Waals surface area contributed by atoms with Gasteiger partial charge in [-0.25, -0.2) is 0 Å². The van der Waals surface area contributed by atoms with Crippen LogP contribution in [0.4, 0.5) is 5.69 Å². The van der Waals surface area contributed by atoms with E-state index in [4.69, 9.17) is 4.74 Å². The maximum absolute atomic E-state index is 12.5. The molecular weight excluding hydrogens is 302 g/mol. The number of rotatable bonds is 4. The number of nitro benzene ring substituents is 1. The number of carbonyl (C=O) groups excluding carboxylic acids is 2. The lowest BCUT2D eigenvalue weighted by atomic mass is 10.1. The molecule has 1 fully saturated rings. The molecule has 1 aromatic carbocycles. The molecule has 0 bridgehead atoms. The molecule has 2 rings (SSSR count). The van der Waals surface area contributed by atoms with Crippen molar-refractivity contribution in [3.63, 3.8) is 0 Å². The molecule has 0 radical (unpaired) electrons. The first-order valence-electron chi connectivity index (χ1n) is 7.08. The third-order valence-electron chi connectivity index (χ3n) is 3.23. The van der Waals surface area contributed by atoms with Crippen LogP contribution in [0.15, 0.2) is 30.0 Å². The van der Waals surface area contributed by atoms with E-state index in [1.54, 1.807) is 11.0 Å². The molecule has 1 aromatic rings. The Labute approximate surface area is 132 Å². The minimum atomic E-state index is -0.515. The maximum Gasteiger partial charge on any atom is 0.270 e. The molecular formula is C15H17N3O5. The van der Waals surface area contributed by atoms with Crippen LogP contribution >= 0.6 is 0 Å². The molecule has 0 aliphatic carbocycles. The number of carbonyl (C=O) groups is 2. The first-order valence-corrected chi connectivity index (χ1v) is 7.08. The average molecular weight is 319 g/mol. The van der Waals surface area contributed by atoms with Crippen molar-refractivity contribution in [3.05, 3.63) is 45.6 Å². The smallest absolute Gasteiger partial charge is 0.270 e. The highest BCUT2D eigenvalue weighted by atomic mass is 16.6. The Balaban J connectivity index is 2.29. The number of nitrogens with zero attached hydrogens (tertiary/aromatic N) is 2. The van der Waals surface area contributed by atoms with Crippen molar-refractivity contribution < 1.29 is 19.2 Å². The number of amides is 2. The molecule has 0 saturated carbocycles. The predicted octanol–water partition coefficient (Wildman–Crippen LogP) is 0.931. The molecule has 1 aliphatic rings. The molecule has 0 spiro atoms. The van der Waals surface area contributed by atoms with E-state index >= 15 is 0 Å². The number of morpholine rings is 1. The van der Waals surface area contributed by atoms with E-state index in [2.05, 4.69) is 5.32 Å². The average Bonchev–Trinajstić information content (AvgIpc) is 2.54. The van der Waals surface area contributed by atoms with Gasteiger partial charge in [0.2, 0.25) is 5.91 Å². The molecule has 23 heavy (non-hydrogen) atoms. The third kappa shape index (κ3) is 4.62. The molecule has 0 atom stereocenters. The molecule has 2 amide bonds. The largest absolute Gasteiger partial charge is 0.378 e. The molecule has 1 aliphatic heterocycles. The molecule has 8 nitrogen and oxygen atoms in total. The summed E-state index contributed by atoms with van der Waals surface area (Å²) in [5, 5.41) is 13.3. The Morgan fingerprint density at radius 2 is 2.04 bits per heavy atom. The van der Waals surface area contributed by atoms with Crippen LogP contribution in [0.5, 0.6) is 0 Å². The second kappa shape index (κ2) is 7.50. The summed E-state index contributed by atoms with van der Waals surface area (Å²) in [6.45, 7) is 3.05. The van der Waals surface area contributed by atoms with Crippen molar-refractivity contribution in [2.75, 3.05) is 26.3 Å². The van der Waals surface area contributed by atoms with Gasteiger partial charge < -0.3 is 15.0 Å². The van der Waals surface area contributed by atoms with Crippen molar-refractivity contribution in [1.82, 2.24) is 10.2 Å². The Bertz CT molecular complexity index is 650. The van der Waals surface area contributed by atoms with Crippen LogP contribution in [0.2, 0.25) is 0 Å². The van der Waals surface area contributed by atoms with Gasteiger partial charge in [-0.3, -0.25) is 19.7 Å². The fraction of sp³-hybridized carbons (Fsp3) is 0.333. The van der Waals surface area contributed by atoms with Crippen molar-refractivity contribution in [2.45, 2.75) is 6.92 Å². The van der Waals surface area contributed by atoms with Crippen LogP contribution in [-0.4, -0.2) is 47.9 Å². The van der Waals surface area contributed by atoms with Gasteiger partial charge >= 0.3 is 0 Å². The summed E-state index contributed by atoms with van der Waals surface area (Å²) >= 11 is 0. The highest BCUT2D eigenvalue weighted by Gasteiger charge is 2.21. The van der Waals surface area contributed by atoms with Gasteiger partial charge in [-0.15, -0.1) is 0 Å². The quantitative estimate of drug-likeness (QED) is 0.505. The van der Waals surface area contributed by atoms with E-state index in [0.29, 0.717) is 31.9 Å². The molecule has 1 heterocycles. The van der Waals surface area contributed by atoms with Crippen molar-refractivity contribution in [3.8, 4) is 0 Å². The summed E-state index contributed by atoms with van der Waals surface area (Å²) in [5.74, 6) is -0.724. The first kappa shape index (κ1) is 16.6. The Kier molecular flexibility index (Phi) is 5.42. The van der Waals surface area contributed by atoms with Crippen LogP contribution in [0.25, 0.3) is 6.08 Å². The van der Waals surface area contributed by atoms with Crippen molar-refractivity contribution >= 4 is 23.6 Å². The summed E-state index contributed by atoms with van der Waals surface area (Å²) in [6.07, 6.45) is 1.44. The molecule has 0 aromatic heterocycles. The number of nitro groups is 1. The normalized spacial score (nSPS) is 15.2. The first-order chi connectivity index (χ1) is 11.0. The number of hydrogen-bond acceptors (Lipinski definition) is 5. The van der Waals surface area contributed by atoms with Gasteiger partial charge in [0.25, 0.3) is 11.6 Å². The van der Waals surface area contributed by atoms with Crippen molar-refractivity contribution in [1.29, 1.82) is 0 Å². The van der Waals surface area contributed by atoms with Crippen molar-refractivity contribution in [2.24, 2.45) is 0 Å². The zero-order chi connectivity index (χ0) is 16.8. The zero-order valence-corrected chi connectivity index (χ0v) is 12.7. The second-order valence-corrected chi connectivity index (χ2v) is 5.00. The van der Waals surface area contributed by atoms with E-state index < -0.39 is 4.92 Å². The van der Waals surface area contributed by atoms with E-state index in [0.717, 1.165) is 0 Å². The SMILES string of the molecule is CC(=O)N/C(=C/c1cccc([N+](=O)[O-])c1)C(=O)N1CCOCC1. The molecule has 1 N–H and O–H groups in total. The Morgan fingerprint density at radius 1 is 1.35 bits per heavy atom. The van der Waals surface area contributed by atoms with Crippen LogP contribution < -0.4 is 5.32 Å². The van der Waals surface area contributed by atoms with E-state index in [-0.39, 0.29) is 23.2 Å². The Hall–Kier alpha value is -2.74. The number of hydrogen-bond donors (Lipinski definition) is 1. The fourth-order valence-corrected chi connectivity index (χ4v) is 2.17. The van der Waals surface area contributed by atoms with E-state index in [9.17, 15) is 19.7 Å². The summed E-state index contributed by atoms with van der Waals surface area (Å²) < 4.78 is 5.20. The highest BCUT2D eigenvalue weighted by molar-refractivity contribution is 6.01. The topological polar surface area (TPSA) is 102 Å². The summed E-state index contributed by atoms with van der Waals surface area (Å²) in [6, 6.07) is 5.85. The van der Waals surface area contributed by atoms with Crippen LogP contribution in [0, 0.1) is 10.1 Å². The Morgan fingerprint density at radius 3 is 2.65 bits per heavy atom. The van der Waals surface area contributed by atoms with Gasteiger partial charge in [-0.2, -0.15) is 0 Å². The third-order valence-corrected chi connectivity index (χ3v) is 3.23. The molecule has 1 saturated heterocycles. The van der Waals surface area contributed by atoms with Gasteiger partial charge in [0.1, 0.15) is 5.70 Å². The molecule has 0 unspecified atom stereocenters. The van der Waals surface area contributed by atoms with E-state index in [1.807, 2.05) is 0 Å². The van der Waals surface area contributed by atoms with Gasteiger partial charge in [0.05, 0.1) is 18.1 Å². The van der Waals surface area contributed by atoms with Gasteiger partial charge in [0.15, 0.2) is 0 Å². The summed E-state index contributed by atoms with van der Waals surface area (Å²) in [7, 11) is 0. The lowest BCUT2D eigenvalue weighted by Crippen LogP contribution is -2.44. The highest BCUT2D eigenvalue weighted by Crippen LogP contribution is 2.16. The summed E-state index contributed by atoms with van der Waals surface area (Å²) in [4.78, 5) is 35.7. The molecule has 122 valence electrons. The monoisotopic (exact) mass is 319 g/mol. The number of benzene rings is 1. The standard InChI is InChI=1S/C15H17N3O5/c1-11(19)16-14(15(20)17-5-7-23-8-6-17)10-12-3-2-4-13(9-12)18(21)22/h2-4,9-10H,5-8H2,1H3,(H,16,19)/b14-10+. The number of ether oxygens (including phenoxy) is 1. The fourth-order valence-electron chi connectivity index (χ4n) is 2.17. The lowest BCUT2D eigenvalue weighted by molar-refractivity contribution is -0.384. The second-order valence-electron chi connectivity index (χ2n) is 5.00. The van der Waals surface area contributed by atoms with Gasteiger partial charge in [-0.05, 0) is 11.6 Å². The molecule has 8 heteroatoms. The predicted molar refractivity (Wildman–Crippen MR) is 82.3 cm³/mol. The van der Waals surface area contributed by atoms with E-state index in [1.165, 1.54) is 31.2 Å². The van der Waals surface area contributed by atoms with Crippen LogP contribution in [0.3, 0.4) is 0 Å². The number of non-ortho nitro benzene ring substituents is 1. The van der Waals surface area contributed by atoms with Crippen LogP contribution in [-0.2, 0) is 14.3 Å². The van der Waals surface area contributed by atoms with Crippen LogP contribution in [0.1, 0.15) is 12.5 Å². The zero-order valence-electron chi connectivity index (χ0n) is 12.7. The maximum atomic E-state index is 12.5.